The molecule has 1 aromatic carbocycles. The van der Waals surface area contributed by atoms with Gasteiger partial charge in [-0.25, -0.2) is 4.98 Å². The van der Waals surface area contributed by atoms with Crippen LogP contribution in [0.4, 0.5) is 0 Å². The van der Waals surface area contributed by atoms with Crippen molar-refractivity contribution in [3.05, 3.63) is 53.7 Å². The van der Waals surface area contributed by atoms with E-state index in [2.05, 4.69) is 18.0 Å². The summed E-state index contributed by atoms with van der Waals surface area (Å²) >= 11 is 0. The van der Waals surface area contributed by atoms with E-state index in [1.165, 1.54) is 5.56 Å². The first kappa shape index (κ1) is 11.6. The van der Waals surface area contributed by atoms with Crippen LogP contribution in [-0.4, -0.2) is 4.98 Å². The summed E-state index contributed by atoms with van der Waals surface area (Å²) in [4.78, 5) is 4.22. The predicted molar refractivity (Wildman–Crippen MR) is 68.0 cm³/mol. The summed E-state index contributed by atoms with van der Waals surface area (Å²) in [6.45, 7) is 2.60. The molecule has 2 aromatic rings. The van der Waals surface area contributed by atoms with Gasteiger partial charge in [-0.15, -0.1) is 0 Å². The molecule has 1 heterocycles. The van der Waals surface area contributed by atoms with E-state index in [4.69, 9.17) is 10.5 Å². The molecule has 0 spiro atoms. The molecule has 0 aliphatic rings. The Hall–Kier alpha value is -1.87. The Morgan fingerprint density at radius 1 is 1.18 bits per heavy atom. The number of pyridine rings is 1. The van der Waals surface area contributed by atoms with Crippen molar-refractivity contribution in [2.45, 2.75) is 19.9 Å². The van der Waals surface area contributed by atoms with Crippen LogP contribution in [0.2, 0.25) is 0 Å². The molecule has 88 valence electrons. The van der Waals surface area contributed by atoms with Crippen molar-refractivity contribution in [1.29, 1.82) is 0 Å². The van der Waals surface area contributed by atoms with E-state index in [9.17, 15) is 0 Å². The maximum Gasteiger partial charge on any atom is 0.219 e. The lowest BCUT2D eigenvalue weighted by molar-refractivity contribution is 0.457. The van der Waals surface area contributed by atoms with Gasteiger partial charge in [0.1, 0.15) is 5.75 Å². The van der Waals surface area contributed by atoms with E-state index in [0.717, 1.165) is 17.7 Å². The van der Waals surface area contributed by atoms with Crippen molar-refractivity contribution < 1.29 is 4.74 Å². The fourth-order valence-electron chi connectivity index (χ4n) is 1.60. The summed E-state index contributed by atoms with van der Waals surface area (Å²) in [6, 6.07) is 11.8. The van der Waals surface area contributed by atoms with Gasteiger partial charge in [0.05, 0.1) is 0 Å². The molecule has 1 aromatic heterocycles. The minimum Gasteiger partial charge on any atom is -0.439 e. The lowest BCUT2D eigenvalue weighted by atomic mass is 10.1. The molecule has 0 saturated heterocycles. The Morgan fingerprint density at radius 3 is 2.65 bits per heavy atom. The van der Waals surface area contributed by atoms with E-state index >= 15 is 0 Å². The number of hydrogen-bond donors (Lipinski definition) is 1. The monoisotopic (exact) mass is 228 g/mol. The van der Waals surface area contributed by atoms with E-state index in [-0.39, 0.29) is 0 Å². The molecular weight excluding hydrogens is 212 g/mol. The lowest BCUT2D eigenvalue weighted by Crippen LogP contribution is -1.97. The summed E-state index contributed by atoms with van der Waals surface area (Å²) in [5, 5.41) is 0. The van der Waals surface area contributed by atoms with Gasteiger partial charge in [0.2, 0.25) is 5.88 Å². The van der Waals surface area contributed by atoms with Gasteiger partial charge in [-0.05, 0) is 23.6 Å². The molecule has 0 aliphatic carbocycles. The molecule has 0 atom stereocenters. The highest BCUT2D eigenvalue weighted by Gasteiger charge is 2.03. The van der Waals surface area contributed by atoms with Crippen molar-refractivity contribution in [3.63, 3.8) is 0 Å². The molecule has 3 nitrogen and oxygen atoms in total. The third-order valence-electron chi connectivity index (χ3n) is 2.60. The first-order valence-corrected chi connectivity index (χ1v) is 5.74. The van der Waals surface area contributed by atoms with Crippen LogP contribution in [0.3, 0.4) is 0 Å². The van der Waals surface area contributed by atoms with Crippen LogP contribution < -0.4 is 10.5 Å². The number of nitrogens with zero attached hydrogens (tertiary/aromatic N) is 1. The smallest absolute Gasteiger partial charge is 0.219 e. The molecule has 0 unspecified atom stereocenters. The zero-order chi connectivity index (χ0) is 12.1. The van der Waals surface area contributed by atoms with E-state index in [1.807, 2.05) is 30.3 Å². The highest BCUT2D eigenvalue weighted by molar-refractivity contribution is 5.36. The van der Waals surface area contributed by atoms with E-state index < -0.39 is 0 Å². The van der Waals surface area contributed by atoms with Gasteiger partial charge in [-0.3, -0.25) is 0 Å². The summed E-state index contributed by atoms with van der Waals surface area (Å²) in [6.07, 6.45) is 2.68. The number of rotatable bonds is 4. The maximum atomic E-state index is 5.75. The van der Waals surface area contributed by atoms with Crippen LogP contribution in [0, 0.1) is 0 Å². The minimum absolute atomic E-state index is 0.499. The number of ether oxygens (including phenoxy) is 1. The second-order valence-electron chi connectivity index (χ2n) is 3.77. The van der Waals surface area contributed by atoms with Gasteiger partial charge in [-0.1, -0.05) is 31.2 Å². The van der Waals surface area contributed by atoms with Crippen LogP contribution in [-0.2, 0) is 13.0 Å². The number of nitrogens with two attached hydrogens (primary N) is 1. The fourth-order valence-corrected chi connectivity index (χ4v) is 1.60. The highest BCUT2D eigenvalue weighted by atomic mass is 16.5. The fraction of sp³-hybridized carbons (Fsp3) is 0.214. The maximum absolute atomic E-state index is 5.75. The van der Waals surface area contributed by atoms with E-state index in [0.29, 0.717) is 12.4 Å². The molecule has 0 radical (unpaired) electrons. The molecule has 0 saturated carbocycles. The van der Waals surface area contributed by atoms with Gasteiger partial charge in [0.25, 0.3) is 0 Å². The Bertz CT molecular complexity index is 480. The van der Waals surface area contributed by atoms with Crippen LogP contribution in [0.15, 0.2) is 42.6 Å². The Balaban J connectivity index is 2.19. The third kappa shape index (κ3) is 2.82. The third-order valence-corrected chi connectivity index (χ3v) is 2.60. The zero-order valence-corrected chi connectivity index (χ0v) is 9.89. The molecule has 17 heavy (non-hydrogen) atoms. The minimum atomic E-state index is 0.499. The van der Waals surface area contributed by atoms with Gasteiger partial charge >= 0.3 is 0 Å². The number of para-hydroxylation sites is 1. The number of benzene rings is 1. The standard InChI is InChI=1S/C14H16N2O/c1-2-12-5-3-4-6-13(12)17-14-8-7-11(9-15)10-16-14/h3-8,10H,2,9,15H2,1H3. The largest absolute Gasteiger partial charge is 0.439 e. The second kappa shape index (κ2) is 5.46. The second-order valence-corrected chi connectivity index (χ2v) is 3.77. The van der Waals surface area contributed by atoms with Crippen molar-refractivity contribution in [3.8, 4) is 11.6 Å². The summed E-state index contributed by atoms with van der Waals surface area (Å²) in [5.41, 5.74) is 7.70. The average Bonchev–Trinajstić information content (AvgIpc) is 2.40. The Kier molecular flexibility index (Phi) is 3.73. The lowest BCUT2D eigenvalue weighted by Gasteiger charge is -2.09. The quantitative estimate of drug-likeness (QED) is 0.875. The normalized spacial score (nSPS) is 10.2. The van der Waals surface area contributed by atoms with Gasteiger partial charge in [0.15, 0.2) is 0 Å². The topological polar surface area (TPSA) is 48.1 Å². The molecule has 0 bridgehead atoms. The first-order chi connectivity index (χ1) is 8.33. The van der Waals surface area contributed by atoms with Gasteiger partial charge < -0.3 is 10.5 Å². The molecule has 2 rings (SSSR count). The summed E-state index contributed by atoms with van der Waals surface area (Å²) in [5.74, 6) is 1.46. The summed E-state index contributed by atoms with van der Waals surface area (Å²) < 4.78 is 5.75. The van der Waals surface area contributed by atoms with Crippen molar-refractivity contribution in [1.82, 2.24) is 4.98 Å². The van der Waals surface area contributed by atoms with E-state index in [1.54, 1.807) is 6.20 Å². The molecule has 0 aliphatic heterocycles. The number of aromatic nitrogens is 1. The zero-order valence-electron chi connectivity index (χ0n) is 9.89. The molecule has 3 heteroatoms. The molecular formula is C14H16N2O. The number of aryl methyl sites for hydroxylation is 1. The van der Waals surface area contributed by atoms with Gasteiger partial charge in [0, 0.05) is 18.8 Å². The number of hydrogen-bond acceptors (Lipinski definition) is 3. The molecule has 2 N–H and O–H groups in total. The van der Waals surface area contributed by atoms with Crippen LogP contribution >= 0.6 is 0 Å². The van der Waals surface area contributed by atoms with Crippen LogP contribution in [0.25, 0.3) is 0 Å². The van der Waals surface area contributed by atoms with Crippen LogP contribution in [0.1, 0.15) is 18.1 Å². The average molecular weight is 228 g/mol. The van der Waals surface area contributed by atoms with Crippen LogP contribution in [0.5, 0.6) is 11.6 Å². The van der Waals surface area contributed by atoms with Crippen molar-refractivity contribution in [2.75, 3.05) is 0 Å². The first-order valence-electron chi connectivity index (χ1n) is 5.74. The summed E-state index contributed by atoms with van der Waals surface area (Å²) in [7, 11) is 0. The molecule has 0 amide bonds. The molecule has 0 fully saturated rings. The van der Waals surface area contributed by atoms with Gasteiger partial charge in [-0.2, -0.15) is 0 Å². The highest BCUT2D eigenvalue weighted by Crippen LogP contribution is 2.24. The predicted octanol–water partition coefficient (Wildman–Crippen LogP) is 2.90. The Morgan fingerprint density at radius 2 is 2.00 bits per heavy atom. The van der Waals surface area contributed by atoms with Crippen molar-refractivity contribution >= 4 is 0 Å². The van der Waals surface area contributed by atoms with Crippen molar-refractivity contribution in [2.24, 2.45) is 5.73 Å². The Labute approximate surface area is 101 Å². The SMILES string of the molecule is CCc1ccccc1Oc1ccc(CN)cn1.